The van der Waals surface area contributed by atoms with E-state index in [4.69, 9.17) is 10.00 Å². The molecule has 0 aromatic carbocycles. The van der Waals surface area contributed by atoms with E-state index < -0.39 is 15.8 Å². The summed E-state index contributed by atoms with van der Waals surface area (Å²) in [4.78, 5) is 0. The van der Waals surface area contributed by atoms with Crippen molar-refractivity contribution < 1.29 is 13.2 Å². The summed E-state index contributed by atoms with van der Waals surface area (Å²) in [5.74, 6) is -0.437. The van der Waals surface area contributed by atoms with Crippen LogP contribution in [0.15, 0.2) is 0 Å². The summed E-state index contributed by atoms with van der Waals surface area (Å²) >= 11 is 0. The van der Waals surface area contributed by atoms with Crippen molar-refractivity contribution >= 4 is 10.0 Å². The van der Waals surface area contributed by atoms with E-state index in [0.717, 1.165) is 12.8 Å². The lowest BCUT2D eigenvalue weighted by atomic mass is 10.6. The molecule has 1 fully saturated rings. The average Bonchev–Trinajstić information content (AvgIpc) is 2.88. The third-order valence-corrected chi connectivity index (χ3v) is 3.76. The molecule has 0 saturated heterocycles. The predicted octanol–water partition coefficient (Wildman–Crippen LogP) is -0.0494. The van der Waals surface area contributed by atoms with E-state index in [1.54, 1.807) is 6.07 Å². The van der Waals surface area contributed by atoms with Gasteiger partial charge in [-0.15, -0.1) is 0 Å². The molecule has 80 valence electrons. The Morgan fingerprint density at radius 1 is 1.57 bits per heavy atom. The van der Waals surface area contributed by atoms with Crippen molar-refractivity contribution in [2.45, 2.75) is 18.9 Å². The molecule has 1 saturated carbocycles. The lowest BCUT2D eigenvalue weighted by Crippen LogP contribution is -2.37. The molecule has 14 heavy (non-hydrogen) atoms. The summed E-state index contributed by atoms with van der Waals surface area (Å²) < 4.78 is 29.4. The minimum atomic E-state index is -3.39. The molecule has 6 heteroatoms. The third-order valence-electron chi connectivity index (χ3n) is 2.07. The molecule has 0 spiro atoms. The zero-order valence-electron chi connectivity index (χ0n) is 8.14. The molecule has 0 aromatic heterocycles. The van der Waals surface area contributed by atoms with E-state index in [-0.39, 0.29) is 6.04 Å². The second kappa shape index (κ2) is 4.73. The van der Waals surface area contributed by atoms with Crippen molar-refractivity contribution in [2.75, 3.05) is 26.0 Å². The van der Waals surface area contributed by atoms with Crippen LogP contribution in [0.1, 0.15) is 12.8 Å². The molecule has 0 heterocycles. The van der Waals surface area contributed by atoms with Crippen LogP contribution in [0, 0.1) is 11.3 Å². The van der Waals surface area contributed by atoms with E-state index >= 15 is 0 Å². The Morgan fingerprint density at radius 3 is 2.64 bits per heavy atom. The maximum atomic E-state index is 11.6. The highest BCUT2D eigenvalue weighted by molar-refractivity contribution is 7.89. The number of hydrogen-bond acceptors (Lipinski definition) is 4. The van der Waals surface area contributed by atoms with Gasteiger partial charge in [-0.05, 0) is 12.8 Å². The number of nitrogens with zero attached hydrogens (tertiary/aromatic N) is 2. The van der Waals surface area contributed by atoms with Crippen LogP contribution < -0.4 is 0 Å². The molecule has 0 aliphatic heterocycles. The van der Waals surface area contributed by atoms with Gasteiger partial charge in [-0.3, -0.25) is 0 Å². The van der Waals surface area contributed by atoms with Crippen LogP contribution in [0.25, 0.3) is 0 Å². The molecule has 5 nitrogen and oxygen atoms in total. The Kier molecular flexibility index (Phi) is 3.86. The third kappa shape index (κ3) is 2.94. The standard InChI is InChI=1S/C8H14N2O3S/c1-13-6-5-10(8-2-3-8)14(11,12)7-4-9/h8H,2-3,5-7H2,1H3. The summed E-state index contributed by atoms with van der Waals surface area (Å²) in [7, 11) is -1.86. The quantitative estimate of drug-likeness (QED) is 0.626. The Bertz CT molecular complexity index is 316. The molecule has 0 unspecified atom stereocenters. The van der Waals surface area contributed by atoms with Gasteiger partial charge in [0.2, 0.25) is 10.0 Å². The van der Waals surface area contributed by atoms with Gasteiger partial charge in [0, 0.05) is 19.7 Å². The van der Waals surface area contributed by atoms with Gasteiger partial charge in [0.1, 0.15) is 0 Å². The van der Waals surface area contributed by atoms with E-state index in [0.29, 0.717) is 13.2 Å². The van der Waals surface area contributed by atoms with Gasteiger partial charge in [0.25, 0.3) is 0 Å². The molecule has 0 bridgehead atoms. The average molecular weight is 218 g/mol. The SMILES string of the molecule is COCCN(C1CC1)S(=O)(=O)CC#N. The second-order valence-corrected chi connectivity index (χ2v) is 5.17. The highest BCUT2D eigenvalue weighted by Crippen LogP contribution is 2.28. The Morgan fingerprint density at radius 2 is 2.21 bits per heavy atom. The van der Waals surface area contributed by atoms with Crippen LogP contribution in [0.3, 0.4) is 0 Å². The zero-order valence-corrected chi connectivity index (χ0v) is 8.96. The number of nitriles is 1. The summed E-state index contributed by atoms with van der Waals surface area (Å²) in [5.41, 5.74) is 0. The van der Waals surface area contributed by atoms with Gasteiger partial charge in [-0.25, -0.2) is 8.42 Å². The van der Waals surface area contributed by atoms with Crippen molar-refractivity contribution in [1.29, 1.82) is 5.26 Å². The van der Waals surface area contributed by atoms with E-state index in [1.165, 1.54) is 11.4 Å². The van der Waals surface area contributed by atoms with E-state index in [1.807, 2.05) is 0 Å². The van der Waals surface area contributed by atoms with Crippen molar-refractivity contribution in [3.63, 3.8) is 0 Å². The fraction of sp³-hybridized carbons (Fsp3) is 0.875. The first kappa shape index (κ1) is 11.4. The summed E-state index contributed by atoms with van der Waals surface area (Å²) in [6.07, 6.45) is 1.79. The van der Waals surface area contributed by atoms with E-state index in [9.17, 15) is 8.42 Å². The maximum Gasteiger partial charge on any atom is 0.227 e. The molecule has 1 aliphatic rings. The lowest BCUT2D eigenvalue weighted by Gasteiger charge is -2.19. The van der Waals surface area contributed by atoms with Crippen molar-refractivity contribution in [2.24, 2.45) is 0 Å². The monoisotopic (exact) mass is 218 g/mol. The minimum Gasteiger partial charge on any atom is -0.383 e. The normalized spacial score (nSPS) is 16.9. The highest BCUT2D eigenvalue weighted by atomic mass is 32.2. The minimum absolute atomic E-state index is 0.100. The fourth-order valence-electron chi connectivity index (χ4n) is 1.26. The Balaban J connectivity index is 2.62. The summed E-state index contributed by atoms with van der Waals surface area (Å²) in [6, 6.07) is 1.78. The Hall–Kier alpha value is -0.640. The second-order valence-electron chi connectivity index (χ2n) is 3.25. The molecule has 0 aromatic rings. The first-order valence-corrected chi connectivity index (χ1v) is 6.08. The predicted molar refractivity (Wildman–Crippen MR) is 51.0 cm³/mol. The molecule has 0 N–H and O–H groups in total. The smallest absolute Gasteiger partial charge is 0.227 e. The molecule has 0 amide bonds. The van der Waals surface area contributed by atoms with Crippen LogP contribution in [0.5, 0.6) is 0 Å². The van der Waals surface area contributed by atoms with Gasteiger partial charge < -0.3 is 4.74 Å². The van der Waals surface area contributed by atoms with Crippen molar-refractivity contribution in [3.8, 4) is 6.07 Å². The highest BCUT2D eigenvalue weighted by Gasteiger charge is 2.36. The van der Waals surface area contributed by atoms with Crippen LogP contribution in [0.2, 0.25) is 0 Å². The fourth-order valence-corrected chi connectivity index (χ4v) is 2.60. The first-order valence-electron chi connectivity index (χ1n) is 4.47. The molecular weight excluding hydrogens is 204 g/mol. The van der Waals surface area contributed by atoms with Gasteiger partial charge >= 0.3 is 0 Å². The van der Waals surface area contributed by atoms with Crippen LogP contribution >= 0.6 is 0 Å². The first-order chi connectivity index (χ1) is 6.61. The summed E-state index contributed by atoms with van der Waals surface area (Å²) in [5, 5.41) is 8.39. The van der Waals surface area contributed by atoms with Crippen molar-refractivity contribution in [1.82, 2.24) is 4.31 Å². The van der Waals surface area contributed by atoms with Crippen molar-refractivity contribution in [3.05, 3.63) is 0 Å². The summed E-state index contributed by atoms with van der Waals surface area (Å²) in [6.45, 7) is 0.729. The van der Waals surface area contributed by atoms with Gasteiger partial charge in [0.15, 0.2) is 5.75 Å². The number of methoxy groups -OCH3 is 1. The zero-order chi connectivity index (χ0) is 10.6. The van der Waals surface area contributed by atoms with Crippen LogP contribution in [-0.4, -0.2) is 44.8 Å². The maximum absolute atomic E-state index is 11.6. The number of sulfonamides is 1. The van der Waals surface area contributed by atoms with Gasteiger partial charge in [0.05, 0.1) is 12.7 Å². The Labute approximate surface area is 84.3 Å². The van der Waals surface area contributed by atoms with E-state index in [2.05, 4.69) is 0 Å². The molecule has 1 rings (SSSR count). The lowest BCUT2D eigenvalue weighted by molar-refractivity contribution is 0.177. The number of hydrogen-bond donors (Lipinski definition) is 0. The molecular formula is C8H14N2O3S. The number of rotatable bonds is 6. The topological polar surface area (TPSA) is 70.4 Å². The molecule has 0 atom stereocenters. The largest absolute Gasteiger partial charge is 0.383 e. The molecule has 0 radical (unpaired) electrons. The van der Waals surface area contributed by atoms with Gasteiger partial charge in [-0.2, -0.15) is 9.57 Å². The van der Waals surface area contributed by atoms with Gasteiger partial charge in [-0.1, -0.05) is 0 Å². The van der Waals surface area contributed by atoms with Crippen LogP contribution in [-0.2, 0) is 14.8 Å². The molecule has 1 aliphatic carbocycles. The number of ether oxygens (including phenoxy) is 1. The van der Waals surface area contributed by atoms with Crippen LogP contribution in [0.4, 0.5) is 0 Å².